The smallest absolute Gasteiger partial charge is 0.275 e. The third-order valence-corrected chi connectivity index (χ3v) is 10.7. The van der Waals surface area contributed by atoms with Crippen LogP contribution in [0.4, 0.5) is 5.82 Å². The number of pyridine rings is 2. The average molecular weight is 677 g/mol. The van der Waals surface area contributed by atoms with Gasteiger partial charge in [0.15, 0.2) is 6.10 Å². The molecule has 0 spiro atoms. The van der Waals surface area contributed by atoms with Crippen LogP contribution in [0.1, 0.15) is 96.9 Å². The summed E-state index contributed by atoms with van der Waals surface area (Å²) in [7, 11) is -1.45. The molecule has 1 aliphatic carbocycles. The van der Waals surface area contributed by atoms with Crippen LogP contribution in [0.3, 0.4) is 0 Å². The molecule has 5 heterocycles. The Balaban J connectivity index is 1.40. The fraction of sp³-hybridized carbons (Fsp3) is 0.571. The highest BCUT2D eigenvalue weighted by molar-refractivity contribution is 7.84. The number of hydrogen-bond donors (Lipinski definition) is 3. The van der Waals surface area contributed by atoms with Gasteiger partial charge in [0.2, 0.25) is 0 Å². The lowest BCUT2D eigenvalue weighted by atomic mass is 9.92. The Morgan fingerprint density at radius 3 is 2.54 bits per heavy atom. The van der Waals surface area contributed by atoms with Gasteiger partial charge in [-0.15, -0.1) is 0 Å². The molecule has 3 aromatic rings. The Morgan fingerprint density at radius 1 is 1.15 bits per heavy atom. The molecule has 0 radical (unpaired) electrons. The number of carbonyl (C=O) groups excluding carboxylic acids is 1. The van der Waals surface area contributed by atoms with Crippen molar-refractivity contribution in [1.29, 1.82) is 0 Å². The number of nitrogens with zero attached hydrogens (tertiary/aromatic N) is 5. The number of rotatable bonds is 11. The summed E-state index contributed by atoms with van der Waals surface area (Å²) in [6.07, 6.45) is 5.65. The van der Waals surface area contributed by atoms with Crippen molar-refractivity contribution in [1.82, 2.24) is 34.9 Å². The molecule has 6 rings (SSSR count). The zero-order chi connectivity index (χ0) is 34.2. The van der Waals surface area contributed by atoms with Gasteiger partial charge in [0.1, 0.15) is 34.3 Å². The number of aromatic nitrogens is 4. The molecule has 1 amide bonds. The highest BCUT2D eigenvalue weighted by Gasteiger charge is 2.47. The van der Waals surface area contributed by atoms with E-state index < -0.39 is 33.3 Å². The van der Waals surface area contributed by atoms with Crippen molar-refractivity contribution >= 4 is 22.7 Å². The van der Waals surface area contributed by atoms with Gasteiger partial charge in [0.05, 0.1) is 34.6 Å². The number of carbonyl (C=O) groups is 1. The number of piperazine rings is 1. The molecule has 3 aliphatic rings. The second-order valence-corrected chi connectivity index (χ2v) is 16.4. The summed E-state index contributed by atoms with van der Waals surface area (Å²) < 4.78 is 29.0. The summed E-state index contributed by atoms with van der Waals surface area (Å²) >= 11 is 0. The van der Waals surface area contributed by atoms with E-state index in [1.165, 1.54) is 18.4 Å². The molecular formula is C35H48N8O4S. The minimum absolute atomic E-state index is 0.223. The molecule has 2 saturated heterocycles. The van der Waals surface area contributed by atoms with E-state index in [2.05, 4.69) is 49.3 Å². The first-order valence-electron chi connectivity index (χ1n) is 16.8. The van der Waals surface area contributed by atoms with Crippen LogP contribution in [0.15, 0.2) is 30.6 Å². The molecule has 2 aliphatic heterocycles. The van der Waals surface area contributed by atoms with E-state index >= 15 is 0 Å². The van der Waals surface area contributed by atoms with Crippen molar-refractivity contribution in [3.05, 3.63) is 70.2 Å². The number of anilines is 1. The van der Waals surface area contributed by atoms with E-state index in [1.807, 2.05) is 46.9 Å². The molecule has 1 saturated carbocycles. The Hall–Kier alpha value is -3.36. The van der Waals surface area contributed by atoms with E-state index in [-0.39, 0.29) is 18.9 Å². The predicted molar refractivity (Wildman–Crippen MR) is 185 cm³/mol. The Bertz CT molecular complexity index is 1670. The summed E-state index contributed by atoms with van der Waals surface area (Å²) in [6.45, 7) is 17.1. The predicted octanol–water partition coefficient (Wildman–Crippen LogP) is 4.01. The van der Waals surface area contributed by atoms with Crippen LogP contribution < -0.4 is 20.1 Å². The monoisotopic (exact) mass is 676 g/mol. The summed E-state index contributed by atoms with van der Waals surface area (Å²) in [5.74, 6) is 1.67. The van der Waals surface area contributed by atoms with Gasteiger partial charge in [-0.25, -0.2) is 23.9 Å². The van der Waals surface area contributed by atoms with Crippen molar-refractivity contribution in [3.8, 4) is 5.75 Å². The van der Waals surface area contributed by atoms with E-state index in [1.54, 1.807) is 13.1 Å². The van der Waals surface area contributed by atoms with E-state index in [0.29, 0.717) is 47.2 Å². The quantitative estimate of drug-likeness (QED) is 0.273. The molecule has 0 bridgehead atoms. The topological polar surface area (TPSA) is 143 Å². The van der Waals surface area contributed by atoms with E-state index in [9.17, 15) is 9.00 Å². The Labute approximate surface area is 285 Å². The molecule has 12 nitrogen and oxygen atoms in total. The molecule has 3 aromatic heterocycles. The van der Waals surface area contributed by atoms with Gasteiger partial charge >= 0.3 is 0 Å². The van der Waals surface area contributed by atoms with E-state index in [0.717, 1.165) is 30.9 Å². The lowest BCUT2D eigenvalue weighted by molar-refractivity contribution is -0.0699. The summed E-state index contributed by atoms with van der Waals surface area (Å²) in [5, 5.41) is 6.44. The number of nitrogens with one attached hydrogen (secondary N) is 3. The second-order valence-electron chi connectivity index (χ2n) is 14.5. The third-order valence-electron chi connectivity index (χ3n) is 9.05. The maximum Gasteiger partial charge on any atom is 0.275 e. The minimum atomic E-state index is -1.45. The maximum atomic E-state index is 13.8. The molecular weight excluding hydrogens is 629 g/mol. The van der Waals surface area contributed by atoms with Gasteiger partial charge in [-0.2, -0.15) is 0 Å². The molecule has 258 valence electrons. The lowest BCUT2D eigenvalue weighted by Crippen LogP contribution is -2.60. The molecule has 3 fully saturated rings. The third kappa shape index (κ3) is 7.76. The van der Waals surface area contributed by atoms with Gasteiger partial charge in [-0.1, -0.05) is 6.07 Å². The normalized spacial score (nSPS) is 20.9. The highest BCUT2D eigenvalue weighted by atomic mass is 32.2. The molecule has 13 heteroatoms. The van der Waals surface area contributed by atoms with Gasteiger partial charge in [-0.05, 0) is 90.5 Å². The van der Waals surface area contributed by atoms with Gasteiger partial charge < -0.3 is 20.1 Å². The summed E-state index contributed by atoms with van der Waals surface area (Å²) in [5.41, 5.74) is 3.23. The van der Waals surface area contributed by atoms with Gasteiger partial charge in [-0.3, -0.25) is 14.7 Å². The van der Waals surface area contributed by atoms with Gasteiger partial charge in [0.25, 0.3) is 5.91 Å². The number of ether oxygens (including phenoxy) is 2. The minimum Gasteiger partial charge on any atom is -0.481 e. The zero-order valence-corrected chi connectivity index (χ0v) is 29.9. The molecule has 1 unspecified atom stereocenters. The van der Waals surface area contributed by atoms with Crippen LogP contribution in [-0.4, -0.2) is 85.1 Å². The standard InChI is InChI=1S/C35H48N8O4S/c1-21-14-28(47-29(18-43-13-12-36-23(3)17-43)27-11-10-26(16-38-27)25-8-9-25)31(35(19-46-20-35)42-48(45)34(5,6)7)40-30(21)33(44)41-32-22(2)15-37-24(4)39-32/h10-11,14-16,23,25,29,36,42H,8-9,12-13,17-20H2,1-7H3,(H,37,39,41,44)/t23-,29-,48?/m1/s1. The SMILES string of the molecule is Cc1ncc(C)c(NC(=O)c2nc(C3(NS(=O)C(C)(C)C)COC3)c(O[C@H](CN3CCN[C@H](C)C3)c3ccc(C4CC4)cn3)cc2C)n1. The molecule has 3 atom stereocenters. The van der Waals surface area contributed by atoms with E-state index in [4.69, 9.17) is 19.4 Å². The van der Waals surface area contributed by atoms with Crippen LogP contribution in [0.2, 0.25) is 0 Å². The number of amides is 1. The lowest BCUT2D eigenvalue weighted by Gasteiger charge is -2.43. The van der Waals surface area contributed by atoms with Crippen molar-refractivity contribution < 1.29 is 18.5 Å². The van der Waals surface area contributed by atoms with Crippen molar-refractivity contribution in [3.63, 3.8) is 0 Å². The van der Waals surface area contributed by atoms with Crippen molar-refractivity contribution in [2.75, 3.05) is 44.7 Å². The first-order valence-corrected chi connectivity index (χ1v) is 18.0. The summed E-state index contributed by atoms with van der Waals surface area (Å²) in [4.78, 5) is 34.7. The van der Waals surface area contributed by atoms with Crippen LogP contribution in [0, 0.1) is 20.8 Å². The van der Waals surface area contributed by atoms with Crippen molar-refractivity contribution in [2.24, 2.45) is 0 Å². The van der Waals surface area contributed by atoms with Crippen LogP contribution in [0.25, 0.3) is 0 Å². The van der Waals surface area contributed by atoms with Gasteiger partial charge in [0, 0.05) is 50.2 Å². The second kappa shape index (κ2) is 13.9. The molecule has 0 aromatic carbocycles. The fourth-order valence-electron chi connectivity index (χ4n) is 5.98. The Kier molecular flexibility index (Phi) is 9.97. The largest absolute Gasteiger partial charge is 0.481 e. The Morgan fingerprint density at radius 2 is 1.92 bits per heavy atom. The molecule has 3 N–H and O–H groups in total. The highest BCUT2D eigenvalue weighted by Crippen LogP contribution is 2.41. The van der Waals surface area contributed by atoms with Crippen molar-refractivity contribution in [2.45, 2.75) is 89.7 Å². The molecule has 48 heavy (non-hydrogen) atoms. The number of aryl methyl sites for hydroxylation is 3. The first kappa shape index (κ1) is 34.5. The average Bonchev–Trinajstić information content (AvgIpc) is 3.86. The van der Waals surface area contributed by atoms with Crippen LogP contribution >= 0.6 is 0 Å². The van der Waals surface area contributed by atoms with Crippen LogP contribution in [0.5, 0.6) is 5.75 Å². The summed E-state index contributed by atoms with van der Waals surface area (Å²) in [6, 6.07) is 6.47. The zero-order valence-electron chi connectivity index (χ0n) is 29.1. The maximum absolute atomic E-state index is 13.8. The fourth-order valence-corrected chi connectivity index (χ4v) is 6.85. The van der Waals surface area contributed by atoms with Crippen LogP contribution in [-0.2, 0) is 21.3 Å². The number of hydrogen-bond acceptors (Lipinski definition) is 10. The first-order chi connectivity index (χ1) is 22.8.